The van der Waals surface area contributed by atoms with E-state index in [0.29, 0.717) is 28.0 Å². The van der Waals surface area contributed by atoms with Crippen LogP contribution in [-0.4, -0.2) is 21.2 Å². The van der Waals surface area contributed by atoms with Crippen molar-refractivity contribution in [3.8, 4) is 17.0 Å². The van der Waals surface area contributed by atoms with Gasteiger partial charge in [0.05, 0.1) is 22.5 Å². The summed E-state index contributed by atoms with van der Waals surface area (Å²) in [5.74, 6) is -0.934. The SMILES string of the molecule is O=C(O)c1cc(-c2ccc(N=Nc3c(O)ccc4ccccc34)cc2)nc2ccccc12. The predicted octanol–water partition coefficient (Wildman–Crippen LogP) is 6.87. The Labute approximate surface area is 183 Å². The van der Waals surface area contributed by atoms with E-state index < -0.39 is 5.97 Å². The van der Waals surface area contributed by atoms with Gasteiger partial charge in [-0.3, -0.25) is 0 Å². The highest BCUT2D eigenvalue weighted by atomic mass is 16.4. The van der Waals surface area contributed by atoms with Crippen molar-refractivity contribution in [1.29, 1.82) is 0 Å². The van der Waals surface area contributed by atoms with E-state index in [4.69, 9.17) is 0 Å². The third kappa shape index (κ3) is 3.54. The number of hydrogen-bond acceptors (Lipinski definition) is 5. The van der Waals surface area contributed by atoms with Gasteiger partial charge in [-0.15, -0.1) is 5.11 Å². The Morgan fingerprint density at radius 3 is 2.28 bits per heavy atom. The first kappa shape index (κ1) is 19.4. The molecule has 1 heterocycles. The van der Waals surface area contributed by atoms with Crippen LogP contribution in [0.5, 0.6) is 5.75 Å². The highest BCUT2D eigenvalue weighted by Gasteiger charge is 2.12. The molecule has 5 aromatic rings. The van der Waals surface area contributed by atoms with E-state index in [0.717, 1.165) is 16.3 Å². The molecule has 32 heavy (non-hydrogen) atoms. The molecule has 0 fully saturated rings. The molecule has 0 saturated carbocycles. The minimum Gasteiger partial charge on any atom is -0.506 e. The molecule has 5 rings (SSSR count). The second-order valence-electron chi connectivity index (χ2n) is 7.28. The van der Waals surface area contributed by atoms with Gasteiger partial charge in [0, 0.05) is 16.3 Å². The summed E-state index contributed by atoms with van der Waals surface area (Å²) in [6.45, 7) is 0. The zero-order chi connectivity index (χ0) is 22.1. The van der Waals surface area contributed by atoms with Crippen molar-refractivity contribution in [1.82, 2.24) is 4.98 Å². The minimum absolute atomic E-state index is 0.0608. The Morgan fingerprint density at radius 1 is 0.781 bits per heavy atom. The molecule has 1 aromatic heterocycles. The van der Waals surface area contributed by atoms with Gasteiger partial charge >= 0.3 is 5.97 Å². The summed E-state index contributed by atoms with van der Waals surface area (Å²) in [6.07, 6.45) is 0. The van der Waals surface area contributed by atoms with E-state index in [1.807, 2.05) is 48.5 Å². The van der Waals surface area contributed by atoms with Crippen LogP contribution < -0.4 is 0 Å². The fourth-order valence-electron chi connectivity index (χ4n) is 3.66. The van der Waals surface area contributed by atoms with Crippen molar-refractivity contribution < 1.29 is 15.0 Å². The number of carboxylic acid groups (broad SMARTS) is 1. The molecule has 0 atom stereocenters. The molecule has 6 heteroatoms. The van der Waals surface area contributed by atoms with Gasteiger partial charge in [0.15, 0.2) is 0 Å². The molecule has 0 saturated heterocycles. The number of carbonyl (C=O) groups is 1. The van der Waals surface area contributed by atoms with Crippen molar-refractivity contribution in [2.45, 2.75) is 0 Å². The summed E-state index contributed by atoms with van der Waals surface area (Å²) in [7, 11) is 0. The van der Waals surface area contributed by atoms with Crippen molar-refractivity contribution >= 4 is 39.0 Å². The van der Waals surface area contributed by atoms with Crippen LogP contribution in [0.4, 0.5) is 11.4 Å². The quantitative estimate of drug-likeness (QED) is 0.311. The molecular formula is C26H17N3O3. The molecule has 2 N–H and O–H groups in total. The lowest BCUT2D eigenvalue weighted by Crippen LogP contribution is -2.00. The third-order valence-corrected chi connectivity index (χ3v) is 5.25. The Morgan fingerprint density at radius 2 is 1.50 bits per heavy atom. The number of phenolic OH excluding ortho intramolecular Hbond substituents is 1. The average Bonchev–Trinajstić information content (AvgIpc) is 2.83. The van der Waals surface area contributed by atoms with Crippen LogP contribution in [-0.2, 0) is 0 Å². The Bertz CT molecular complexity index is 1510. The van der Waals surface area contributed by atoms with E-state index in [2.05, 4.69) is 15.2 Å². The molecule has 0 unspecified atom stereocenters. The van der Waals surface area contributed by atoms with Gasteiger partial charge in [-0.1, -0.05) is 60.7 Å². The van der Waals surface area contributed by atoms with Crippen LogP contribution in [0.2, 0.25) is 0 Å². The first-order valence-electron chi connectivity index (χ1n) is 9.96. The van der Waals surface area contributed by atoms with Crippen LogP contribution in [0.25, 0.3) is 32.9 Å². The lowest BCUT2D eigenvalue weighted by atomic mass is 10.0. The second-order valence-corrected chi connectivity index (χ2v) is 7.28. The summed E-state index contributed by atoms with van der Waals surface area (Å²) in [6, 6.07) is 27.0. The molecule has 0 aliphatic carbocycles. The van der Waals surface area contributed by atoms with Crippen LogP contribution in [0.3, 0.4) is 0 Å². The van der Waals surface area contributed by atoms with Crippen molar-refractivity contribution in [3.05, 3.63) is 96.6 Å². The van der Waals surface area contributed by atoms with Gasteiger partial charge in [0.1, 0.15) is 11.4 Å². The Kier molecular flexibility index (Phi) is 4.80. The summed E-state index contributed by atoms with van der Waals surface area (Å²) in [5.41, 5.74) is 3.18. The number of azo groups is 1. The summed E-state index contributed by atoms with van der Waals surface area (Å²) >= 11 is 0. The Balaban J connectivity index is 1.49. The number of nitrogens with zero attached hydrogens (tertiary/aromatic N) is 3. The highest BCUT2D eigenvalue weighted by molar-refractivity contribution is 6.03. The van der Waals surface area contributed by atoms with E-state index >= 15 is 0 Å². The first-order chi connectivity index (χ1) is 15.6. The number of rotatable bonds is 4. The maximum absolute atomic E-state index is 11.7. The number of para-hydroxylation sites is 1. The molecule has 0 aliphatic rings. The van der Waals surface area contributed by atoms with Gasteiger partial charge in [-0.05, 0) is 35.7 Å². The number of phenols is 1. The average molecular weight is 419 g/mol. The topological polar surface area (TPSA) is 95.1 Å². The smallest absolute Gasteiger partial charge is 0.336 e. The number of benzene rings is 4. The summed E-state index contributed by atoms with van der Waals surface area (Å²) < 4.78 is 0. The predicted molar refractivity (Wildman–Crippen MR) is 124 cm³/mol. The number of aromatic hydroxyl groups is 1. The summed E-state index contributed by atoms with van der Waals surface area (Å²) in [4.78, 5) is 16.3. The maximum atomic E-state index is 11.7. The molecule has 0 spiro atoms. The van der Waals surface area contributed by atoms with Crippen molar-refractivity contribution in [2.24, 2.45) is 10.2 Å². The molecule has 4 aromatic carbocycles. The molecule has 0 bridgehead atoms. The molecule has 0 amide bonds. The third-order valence-electron chi connectivity index (χ3n) is 5.25. The van der Waals surface area contributed by atoms with Crippen LogP contribution in [0.1, 0.15) is 10.4 Å². The normalized spacial score (nSPS) is 11.4. The number of hydrogen-bond donors (Lipinski definition) is 2. The lowest BCUT2D eigenvalue weighted by molar-refractivity contribution is 0.0699. The maximum Gasteiger partial charge on any atom is 0.336 e. The van der Waals surface area contributed by atoms with Gasteiger partial charge in [-0.2, -0.15) is 5.11 Å². The van der Waals surface area contributed by atoms with E-state index in [1.54, 1.807) is 42.5 Å². The van der Waals surface area contributed by atoms with Crippen molar-refractivity contribution in [3.63, 3.8) is 0 Å². The van der Waals surface area contributed by atoms with E-state index in [9.17, 15) is 15.0 Å². The molecule has 0 radical (unpaired) electrons. The molecule has 6 nitrogen and oxygen atoms in total. The number of aromatic nitrogens is 1. The minimum atomic E-state index is -0.995. The fourth-order valence-corrected chi connectivity index (χ4v) is 3.66. The van der Waals surface area contributed by atoms with Gasteiger partial charge in [0.25, 0.3) is 0 Å². The zero-order valence-corrected chi connectivity index (χ0v) is 16.8. The van der Waals surface area contributed by atoms with E-state index in [1.165, 1.54) is 0 Å². The lowest BCUT2D eigenvalue weighted by Gasteiger charge is -2.07. The zero-order valence-electron chi connectivity index (χ0n) is 16.8. The highest BCUT2D eigenvalue weighted by Crippen LogP contribution is 2.36. The van der Waals surface area contributed by atoms with Crippen molar-refractivity contribution in [2.75, 3.05) is 0 Å². The Hall–Kier alpha value is -4.58. The number of aromatic carboxylic acids is 1. The second kappa shape index (κ2) is 7.92. The molecule has 154 valence electrons. The van der Waals surface area contributed by atoms with Gasteiger partial charge in [-0.25, -0.2) is 9.78 Å². The molecule has 0 aliphatic heterocycles. The number of carboxylic acids is 1. The largest absolute Gasteiger partial charge is 0.506 e. The van der Waals surface area contributed by atoms with Crippen LogP contribution in [0, 0.1) is 0 Å². The first-order valence-corrected chi connectivity index (χ1v) is 9.96. The number of pyridine rings is 1. The fraction of sp³-hybridized carbons (Fsp3) is 0. The molecular weight excluding hydrogens is 402 g/mol. The monoisotopic (exact) mass is 419 g/mol. The van der Waals surface area contributed by atoms with Gasteiger partial charge in [0.2, 0.25) is 0 Å². The summed E-state index contributed by atoms with van der Waals surface area (Å²) in [5, 5.41) is 30.7. The number of fused-ring (bicyclic) bond motifs is 2. The standard InChI is InChI=1S/C26H17N3O3/c30-24-14-11-16-5-1-2-6-19(16)25(24)29-28-18-12-9-17(10-13-18)23-15-21(26(31)32)20-7-3-4-8-22(20)27-23/h1-15,30H,(H,31,32). The van der Waals surface area contributed by atoms with Crippen LogP contribution >= 0.6 is 0 Å². The van der Waals surface area contributed by atoms with Gasteiger partial charge < -0.3 is 10.2 Å². The van der Waals surface area contributed by atoms with E-state index in [-0.39, 0.29) is 11.3 Å². The van der Waals surface area contributed by atoms with Crippen LogP contribution in [0.15, 0.2) is 101 Å².